The second kappa shape index (κ2) is 9.28. The van der Waals surface area contributed by atoms with Crippen LogP contribution in [0.25, 0.3) is 5.69 Å². The van der Waals surface area contributed by atoms with E-state index in [0.29, 0.717) is 31.2 Å². The zero-order valence-corrected chi connectivity index (χ0v) is 20.3. The summed E-state index contributed by atoms with van der Waals surface area (Å²) in [6.07, 6.45) is 1.13. The van der Waals surface area contributed by atoms with Crippen molar-refractivity contribution in [2.45, 2.75) is 44.1 Å². The van der Waals surface area contributed by atoms with Gasteiger partial charge in [0.05, 0.1) is 18.8 Å². The molecule has 2 fully saturated rings. The molecule has 0 amide bonds. The molecule has 3 aliphatic heterocycles. The molecule has 0 N–H and O–H groups in total. The molecule has 5 heterocycles. The Bertz CT molecular complexity index is 1220. The largest absolute Gasteiger partial charge is 0.401 e. The summed E-state index contributed by atoms with van der Waals surface area (Å²) >= 11 is 6.36. The molecule has 3 aromatic rings. The molecule has 6 rings (SSSR count). The summed E-state index contributed by atoms with van der Waals surface area (Å²) in [5.41, 5.74) is 2.03. The molecule has 0 unspecified atom stereocenters. The zero-order chi connectivity index (χ0) is 24.9. The van der Waals surface area contributed by atoms with Crippen molar-refractivity contribution in [2.75, 3.05) is 37.6 Å². The van der Waals surface area contributed by atoms with Crippen molar-refractivity contribution in [1.29, 1.82) is 0 Å². The van der Waals surface area contributed by atoms with Gasteiger partial charge in [-0.3, -0.25) is 14.4 Å². The molecule has 2 aromatic heterocycles. The normalized spacial score (nSPS) is 20.1. The first kappa shape index (κ1) is 23.6. The number of likely N-dealkylation sites (tertiary alicyclic amines) is 1. The van der Waals surface area contributed by atoms with E-state index in [1.165, 1.54) is 4.90 Å². The van der Waals surface area contributed by atoms with Gasteiger partial charge in [-0.15, -0.1) is 10.2 Å². The molecule has 190 valence electrons. The quantitative estimate of drug-likeness (QED) is 0.522. The summed E-state index contributed by atoms with van der Waals surface area (Å²) in [6, 6.07) is 7.66. The Balaban J connectivity index is 1.24. The van der Waals surface area contributed by atoms with Crippen molar-refractivity contribution in [1.82, 2.24) is 34.5 Å². The second-order valence-corrected chi connectivity index (χ2v) is 10.2. The van der Waals surface area contributed by atoms with E-state index in [-0.39, 0.29) is 12.0 Å². The average molecular weight is 519 g/mol. The number of alkyl halides is 3. The van der Waals surface area contributed by atoms with E-state index in [4.69, 9.17) is 11.6 Å². The monoisotopic (exact) mass is 518 g/mol. The maximum atomic E-state index is 12.8. The van der Waals surface area contributed by atoms with Gasteiger partial charge in [0.25, 0.3) is 0 Å². The van der Waals surface area contributed by atoms with Crippen molar-refractivity contribution in [3.8, 4) is 5.69 Å². The zero-order valence-electron chi connectivity index (χ0n) is 19.6. The third-order valence-corrected chi connectivity index (χ3v) is 7.54. The van der Waals surface area contributed by atoms with Crippen molar-refractivity contribution in [3.05, 3.63) is 58.9 Å². The highest BCUT2D eigenvalue weighted by Gasteiger charge is 2.40. The molecule has 0 saturated carbocycles. The van der Waals surface area contributed by atoms with Crippen LogP contribution < -0.4 is 4.90 Å². The average Bonchev–Trinajstić information content (AvgIpc) is 3.17. The van der Waals surface area contributed by atoms with Gasteiger partial charge in [-0.25, -0.2) is 9.97 Å². The molecule has 12 heteroatoms. The van der Waals surface area contributed by atoms with Crippen LogP contribution in [0.15, 0.2) is 36.7 Å². The van der Waals surface area contributed by atoms with E-state index >= 15 is 0 Å². The minimum Gasteiger partial charge on any atom is -0.341 e. The summed E-state index contributed by atoms with van der Waals surface area (Å²) in [4.78, 5) is 14.6. The Labute approximate surface area is 211 Å². The van der Waals surface area contributed by atoms with Crippen LogP contribution in [0.1, 0.15) is 36.0 Å². The van der Waals surface area contributed by atoms with Crippen LogP contribution in [0.2, 0.25) is 5.02 Å². The van der Waals surface area contributed by atoms with Gasteiger partial charge in [0.2, 0.25) is 5.95 Å². The fraction of sp³-hybridized carbons (Fsp3) is 0.500. The first-order valence-electron chi connectivity index (χ1n) is 12.1. The number of piperidine rings is 1. The number of anilines is 1. The van der Waals surface area contributed by atoms with Gasteiger partial charge in [0.15, 0.2) is 5.82 Å². The van der Waals surface area contributed by atoms with E-state index in [9.17, 15) is 13.2 Å². The molecule has 36 heavy (non-hydrogen) atoms. The predicted octanol–water partition coefficient (Wildman–Crippen LogP) is 3.66. The maximum Gasteiger partial charge on any atom is 0.401 e. The molecular weight excluding hydrogens is 493 g/mol. The topological polar surface area (TPSA) is 66.2 Å². The first-order chi connectivity index (χ1) is 17.3. The lowest BCUT2D eigenvalue weighted by Crippen LogP contribution is -2.60. The van der Waals surface area contributed by atoms with E-state index in [1.54, 1.807) is 12.4 Å². The summed E-state index contributed by atoms with van der Waals surface area (Å²) in [7, 11) is 0. The highest BCUT2D eigenvalue weighted by atomic mass is 35.5. The first-order valence-corrected chi connectivity index (χ1v) is 12.5. The van der Waals surface area contributed by atoms with Crippen molar-refractivity contribution in [2.24, 2.45) is 0 Å². The number of hydrogen-bond donors (Lipinski definition) is 0. The van der Waals surface area contributed by atoms with Gasteiger partial charge in [0, 0.05) is 62.1 Å². The van der Waals surface area contributed by atoms with Crippen LogP contribution in [0.5, 0.6) is 0 Å². The van der Waals surface area contributed by atoms with Crippen LogP contribution in [-0.4, -0.2) is 79.5 Å². The Morgan fingerprint density at radius 2 is 1.75 bits per heavy atom. The van der Waals surface area contributed by atoms with E-state index in [1.807, 2.05) is 24.3 Å². The van der Waals surface area contributed by atoms with Gasteiger partial charge in [-0.2, -0.15) is 13.2 Å². The van der Waals surface area contributed by atoms with Crippen LogP contribution in [0.3, 0.4) is 0 Å². The van der Waals surface area contributed by atoms with Crippen LogP contribution in [-0.2, 0) is 13.1 Å². The fourth-order valence-electron chi connectivity index (χ4n) is 5.52. The second-order valence-electron chi connectivity index (χ2n) is 9.76. The molecule has 2 saturated heterocycles. The number of rotatable bonds is 4. The minimum atomic E-state index is -4.18. The summed E-state index contributed by atoms with van der Waals surface area (Å²) < 4.78 is 40.5. The van der Waals surface area contributed by atoms with E-state index in [2.05, 4.69) is 34.5 Å². The van der Waals surface area contributed by atoms with Crippen LogP contribution in [0, 0.1) is 0 Å². The molecule has 8 nitrogen and oxygen atoms in total. The Kier molecular flexibility index (Phi) is 6.09. The SMILES string of the molecule is FC(F)(F)CN1CC(N2Cc3cc(Cl)ccc3-n3c(nnc3C3CCN(c4ncccn4)CC3)C2)C1. The highest BCUT2D eigenvalue weighted by Crippen LogP contribution is 2.35. The number of hydrogen-bond acceptors (Lipinski definition) is 7. The highest BCUT2D eigenvalue weighted by molar-refractivity contribution is 6.30. The lowest BCUT2D eigenvalue weighted by molar-refractivity contribution is -0.161. The van der Waals surface area contributed by atoms with Crippen molar-refractivity contribution >= 4 is 17.5 Å². The van der Waals surface area contributed by atoms with Gasteiger partial charge in [-0.05, 0) is 42.7 Å². The maximum absolute atomic E-state index is 12.8. The third-order valence-electron chi connectivity index (χ3n) is 7.31. The molecule has 1 aromatic carbocycles. The molecule has 0 bridgehead atoms. The summed E-state index contributed by atoms with van der Waals surface area (Å²) in [6.45, 7) is 2.69. The van der Waals surface area contributed by atoms with Gasteiger partial charge >= 0.3 is 6.18 Å². The van der Waals surface area contributed by atoms with Crippen LogP contribution in [0.4, 0.5) is 19.1 Å². The Morgan fingerprint density at radius 1 is 1.00 bits per heavy atom. The third kappa shape index (κ3) is 4.67. The van der Waals surface area contributed by atoms with E-state index in [0.717, 1.165) is 54.8 Å². The van der Waals surface area contributed by atoms with Gasteiger partial charge in [-0.1, -0.05) is 11.6 Å². The van der Waals surface area contributed by atoms with Crippen molar-refractivity contribution < 1.29 is 13.2 Å². The molecule has 0 atom stereocenters. The van der Waals surface area contributed by atoms with Gasteiger partial charge < -0.3 is 4.90 Å². The summed E-state index contributed by atoms with van der Waals surface area (Å²) in [5, 5.41) is 9.83. The fourth-order valence-corrected chi connectivity index (χ4v) is 5.72. The number of aromatic nitrogens is 5. The standard InChI is InChI=1S/C24H26ClF3N8/c25-18-2-3-20-17(10-18)11-35(19-12-33(13-19)15-24(26,27)28)14-21-31-32-22(36(20)21)16-4-8-34(9-5-16)23-29-6-1-7-30-23/h1-3,6-7,10,16,19H,4-5,8-9,11-15H2. The van der Waals surface area contributed by atoms with Crippen LogP contribution >= 0.6 is 11.6 Å². The van der Waals surface area contributed by atoms with Gasteiger partial charge in [0.1, 0.15) is 5.82 Å². The Hall–Kier alpha value is -2.76. The predicted molar refractivity (Wildman–Crippen MR) is 128 cm³/mol. The minimum absolute atomic E-state index is 0.0278. The number of benzene rings is 1. The molecule has 0 spiro atoms. The lowest BCUT2D eigenvalue weighted by Gasteiger charge is -2.45. The molecule has 3 aliphatic rings. The number of nitrogens with zero attached hydrogens (tertiary/aromatic N) is 8. The van der Waals surface area contributed by atoms with Crippen molar-refractivity contribution in [3.63, 3.8) is 0 Å². The summed E-state index contributed by atoms with van der Waals surface area (Å²) in [5.74, 6) is 2.71. The number of fused-ring (bicyclic) bond motifs is 3. The smallest absolute Gasteiger partial charge is 0.341 e. The molecule has 0 aliphatic carbocycles. The molecule has 0 radical (unpaired) electrons. The lowest BCUT2D eigenvalue weighted by atomic mass is 9.95. The Morgan fingerprint density at radius 3 is 2.47 bits per heavy atom. The molecular formula is C24H26ClF3N8. The van der Waals surface area contributed by atoms with E-state index < -0.39 is 12.7 Å². The number of halogens is 4.